The molecular formula is C15H27BN2O2. The summed E-state index contributed by atoms with van der Waals surface area (Å²) >= 11 is 0. The number of carboxylic acid groups (broad SMARTS) is 1. The lowest BCUT2D eigenvalue weighted by Crippen LogP contribution is -2.50. The summed E-state index contributed by atoms with van der Waals surface area (Å²) in [7, 11) is 5.46. The van der Waals surface area contributed by atoms with Crippen molar-refractivity contribution in [3.8, 4) is 0 Å². The molecule has 1 heterocycles. The van der Waals surface area contributed by atoms with Crippen LogP contribution in [0.5, 0.6) is 0 Å². The first-order valence-corrected chi connectivity index (χ1v) is 8.00. The van der Waals surface area contributed by atoms with Crippen molar-refractivity contribution >= 4 is 13.8 Å². The van der Waals surface area contributed by atoms with Crippen molar-refractivity contribution < 1.29 is 9.90 Å². The maximum absolute atomic E-state index is 11.4. The van der Waals surface area contributed by atoms with Crippen LogP contribution in [-0.2, 0) is 4.79 Å². The number of nitrogens with two attached hydrogens (primary N) is 1. The van der Waals surface area contributed by atoms with E-state index in [4.69, 9.17) is 13.6 Å². The number of hydrogen-bond donors (Lipinski definition) is 2. The maximum atomic E-state index is 11.4. The van der Waals surface area contributed by atoms with Crippen LogP contribution in [-0.4, -0.2) is 49.0 Å². The smallest absolute Gasteiger partial charge is 0.323 e. The number of carboxylic acids is 1. The summed E-state index contributed by atoms with van der Waals surface area (Å²) in [5.74, 6) is 1.03. The second-order valence-corrected chi connectivity index (χ2v) is 6.63. The molecule has 0 bridgehead atoms. The molecule has 3 N–H and O–H groups in total. The van der Waals surface area contributed by atoms with Gasteiger partial charge < -0.3 is 15.7 Å². The normalized spacial score (nSPS) is 29.2. The zero-order chi connectivity index (χ0) is 14.6. The van der Waals surface area contributed by atoms with Crippen LogP contribution >= 0.6 is 0 Å². The lowest BCUT2D eigenvalue weighted by Gasteiger charge is -2.29. The Balaban J connectivity index is 1.77. The molecule has 4 nitrogen and oxygen atoms in total. The van der Waals surface area contributed by atoms with E-state index in [1.54, 1.807) is 0 Å². The number of hydrogen-bond acceptors (Lipinski definition) is 3. The van der Waals surface area contributed by atoms with Crippen molar-refractivity contribution in [3.05, 3.63) is 0 Å². The topological polar surface area (TPSA) is 66.6 Å². The van der Waals surface area contributed by atoms with E-state index in [2.05, 4.69) is 4.90 Å². The lowest BCUT2D eigenvalue weighted by atomic mass is 9.88. The SMILES string of the molecule is [B]CCCCC(N)(CCN1CCC2C[C@H]2CC1)C(=O)O. The Bertz CT molecular complexity index is 328. The van der Waals surface area contributed by atoms with Crippen LogP contribution in [0.15, 0.2) is 0 Å². The molecule has 0 aromatic carbocycles. The molecule has 5 heteroatoms. The second-order valence-electron chi connectivity index (χ2n) is 6.63. The van der Waals surface area contributed by atoms with Gasteiger partial charge in [-0.05, 0) is 57.0 Å². The van der Waals surface area contributed by atoms with Gasteiger partial charge in [-0.1, -0.05) is 19.2 Å². The summed E-state index contributed by atoms with van der Waals surface area (Å²) in [5.41, 5.74) is 5.03. The predicted octanol–water partition coefficient (Wildman–Crippen LogP) is 1.65. The molecule has 0 aromatic heterocycles. The Morgan fingerprint density at radius 2 is 1.90 bits per heavy atom. The summed E-state index contributed by atoms with van der Waals surface area (Å²) in [4.78, 5) is 13.8. The number of fused-ring (bicyclic) bond motifs is 1. The van der Waals surface area contributed by atoms with Gasteiger partial charge in [0.05, 0.1) is 7.85 Å². The molecular weight excluding hydrogens is 251 g/mol. The third-order valence-corrected chi connectivity index (χ3v) is 5.08. The standard InChI is InChI=1S/C15H27BN2O2/c16-7-2-1-5-15(17,14(19)20)6-10-18-8-3-12-11-13(12)4-9-18/h12-13H,1-11,17H2,(H,19,20)/t12-,13?,15?/m1/s1. The van der Waals surface area contributed by atoms with Crippen molar-refractivity contribution in [3.63, 3.8) is 0 Å². The Kier molecular flexibility index (Phi) is 5.50. The van der Waals surface area contributed by atoms with Crippen LogP contribution < -0.4 is 5.73 Å². The summed E-state index contributed by atoms with van der Waals surface area (Å²) < 4.78 is 0. The molecule has 0 spiro atoms. The molecule has 2 fully saturated rings. The quantitative estimate of drug-likeness (QED) is 0.523. The van der Waals surface area contributed by atoms with Crippen LogP contribution in [0.25, 0.3) is 0 Å². The van der Waals surface area contributed by atoms with Crippen molar-refractivity contribution in [2.75, 3.05) is 19.6 Å². The highest BCUT2D eigenvalue weighted by atomic mass is 16.4. The molecule has 112 valence electrons. The summed E-state index contributed by atoms with van der Waals surface area (Å²) in [6, 6.07) is 0. The van der Waals surface area contributed by atoms with Gasteiger partial charge in [0.1, 0.15) is 5.54 Å². The maximum Gasteiger partial charge on any atom is 0.323 e. The molecule has 20 heavy (non-hydrogen) atoms. The first-order valence-electron chi connectivity index (χ1n) is 8.00. The van der Waals surface area contributed by atoms with E-state index in [1.807, 2.05) is 0 Å². The third-order valence-electron chi connectivity index (χ3n) is 5.08. The highest BCUT2D eigenvalue weighted by Crippen LogP contribution is 2.45. The van der Waals surface area contributed by atoms with E-state index in [0.29, 0.717) is 19.2 Å². The molecule has 0 aromatic rings. The van der Waals surface area contributed by atoms with Crippen LogP contribution in [0.1, 0.15) is 44.9 Å². The molecule has 2 rings (SSSR count). The second kappa shape index (κ2) is 6.94. The van der Waals surface area contributed by atoms with E-state index in [0.717, 1.165) is 44.3 Å². The molecule has 1 aliphatic carbocycles. The monoisotopic (exact) mass is 278 g/mol. The fourth-order valence-corrected chi connectivity index (χ4v) is 3.33. The van der Waals surface area contributed by atoms with Gasteiger partial charge in [0, 0.05) is 6.54 Å². The zero-order valence-corrected chi connectivity index (χ0v) is 12.4. The average Bonchev–Trinajstić information content (AvgIpc) is 3.16. The highest BCUT2D eigenvalue weighted by molar-refractivity contribution is 6.08. The highest BCUT2D eigenvalue weighted by Gasteiger charge is 2.39. The average molecular weight is 278 g/mol. The van der Waals surface area contributed by atoms with Gasteiger partial charge in [0.25, 0.3) is 0 Å². The largest absolute Gasteiger partial charge is 0.480 e. The van der Waals surface area contributed by atoms with Crippen molar-refractivity contribution in [2.45, 2.75) is 56.8 Å². The summed E-state index contributed by atoms with van der Waals surface area (Å²) in [6.45, 7) is 3.03. The number of aliphatic carboxylic acids is 1. The van der Waals surface area contributed by atoms with Crippen molar-refractivity contribution in [1.82, 2.24) is 4.90 Å². The van der Waals surface area contributed by atoms with Gasteiger partial charge in [-0.3, -0.25) is 4.79 Å². The van der Waals surface area contributed by atoms with Crippen molar-refractivity contribution in [1.29, 1.82) is 0 Å². The number of likely N-dealkylation sites (tertiary alicyclic amines) is 1. The van der Waals surface area contributed by atoms with Gasteiger partial charge in [-0.25, -0.2) is 0 Å². The first-order chi connectivity index (χ1) is 9.55. The number of rotatable bonds is 8. The Morgan fingerprint density at radius 3 is 2.45 bits per heavy atom. The number of nitrogens with zero attached hydrogens (tertiary/aromatic N) is 1. The van der Waals surface area contributed by atoms with Crippen molar-refractivity contribution in [2.24, 2.45) is 17.6 Å². The fraction of sp³-hybridized carbons (Fsp3) is 0.933. The zero-order valence-electron chi connectivity index (χ0n) is 12.4. The van der Waals surface area contributed by atoms with Crippen LogP contribution in [0.2, 0.25) is 6.32 Å². The Labute approximate surface area is 123 Å². The molecule has 2 radical (unpaired) electrons. The minimum absolute atomic E-state index is 0.526. The molecule has 2 unspecified atom stereocenters. The predicted molar refractivity (Wildman–Crippen MR) is 80.9 cm³/mol. The van der Waals surface area contributed by atoms with Gasteiger partial charge >= 0.3 is 5.97 Å². The van der Waals surface area contributed by atoms with E-state index in [9.17, 15) is 9.90 Å². The van der Waals surface area contributed by atoms with Crippen LogP contribution in [0.4, 0.5) is 0 Å². The molecule has 1 aliphatic heterocycles. The molecule has 1 saturated heterocycles. The van der Waals surface area contributed by atoms with E-state index in [1.165, 1.54) is 19.3 Å². The third kappa shape index (κ3) is 4.22. The summed E-state index contributed by atoms with van der Waals surface area (Å²) in [5, 5.41) is 9.39. The van der Waals surface area contributed by atoms with E-state index < -0.39 is 11.5 Å². The van der Waals surface area contributed by atoms with Gasteiger partial charge in [-0.2, -0.15) is 0 Å². The minimum Gasteiger partial charge on any atom is -0.480 e. The van der Waals surface area contributed by atoms with Crippen LogP contribution in [0.3, 0.4) is 0 Å². The fourth-order valence-electron chi connectivity index (χ4n) is 3.33. The van der Waals surface area contributed by atoms with E-state index >= 15 is 0 Å². The molecule has 1 saturated carbocycles. The summed E-state index contributed by atoms with van der Waals surface area (Å²) in [6.07, 6.45) is 7.29. The minimum atomic E-state index is -1.08. The number of unbranched alkanes of at least 4 members (excludes halogenated alkanes) is 1. The Morgan fingerprint density at radius 1 is 1.25 bits per heavy atom. The first kappa shape index (κ1) is 15.8. The van der Waals surface area contributed by atoms with Gasteiger partial charge in [0.2, 0.25) is 0 Å². The van der Waals surface area contributed by atoms with Crippen LogP contribution in [0, 0.1) is 11.8 Å². The molecule has 2 aliphatic rings. The van der Waals surface area contributed by atoms with Gasteiger partial charge in [-0.15, -0.1) is 0 Å². The lowest BCUT2D eigenvalue weighted by molar-refractivity contribution is -0.144. The Hall–Kier alpha value is -0.545. The number of carbonyl (C=O) groups is 1. The molecule has 0 amide bonds. The molecule has 3 atom stereocenters. The van der Waals surface area contributed by atoms with E-state index in [-0.39, 0.29) is 0 Å². The van der Waals surface area contributed by atoms with Gasteiger partial charge in [0.15, 0.2) is 0 Å².